The molecule has 0 amide bonds. The van der Waals surface area contributed by atoms with Crippen LogP contribution in [-0.4, -0.2) is 15.8 Å². The number of benzene rings is 1. The van der Waals surface area contributed by atoms with Gasteiger partial charge in [-0.1, -0.05) is 30.4 Å². The van der Waals surface area contributed by atoms with Gasteiger partial charge in [0.2, 0.25) is 0 Å². The molecule has 0 aliphatic carbocycles. The molecule has 4 heteroatoms. The molecule has 15 heavy (non-hydrogen) atoms. The Labute approximate surface area is 91.7 Å². The third kappa shape index (κ3) is 1.89. The number of rotatable bonds is 3. The van der Waals surface area contributed by atoms with Gasteiger partial charge in [-0.15, -0.1) is 0 Å². The third-order valence-electron chi connectivity index (χ3n) is 2.25. The van der Waals surface area contributed by atoms with E-state index in [4.69, 9.17) is 12.2 Å². The second-order valence-corrected chi connectivity index (χ2v) is 3.74. The van der Waals surface area contributed by atoms with Crippen LogP contribution in [0.2, 0.25) is 0 Å². The van der Waals surface area contributed by atoms with Gasteiger partial charge in [0.05, 0.1) is 5.97 Å². The first-order valence-corrected chi connectivity index (χ1v) is 4.88. The Hall–Kier alpha value is -1.68. The topological polar surface area (TPSA) is 55.9 Å². The van der Waals surface area contributed by atoms with Gasteiger partial charge in [-0.2, -0.15) is 0 Å². The van der Waals surface area contributed by atoms with Gasteiger partial charge in [-0.3, -0.25) is 0 Å². The minimum absolute atomic E-state index is 0.0697. The molecule has 0 spiro atoms. The van der Waals surface area contributed by atoms with Crippen LogP contribution in [0.15, 0.2) is 30.5 Å². The SMILES string of the molecule is O=C([O-])C(=S)Cc1c[nH]c2ccccc12. The van der Waals surface area contributed by atoms with Crippen LogP contribution in [0, 0.1) is 0 Å². The first-order chi connectivity index (χ1) is 7.18. The van der Waals surface area contributed by atoms with Crippen molar-refractivity contribution in [1.29, 1.82) is 0 Å². The predicted molar refractivity (Wildman–Crippen MR) is 59.6 cm³/mol. The molecule has 0 aliphatic rings. The van der Waals surface area contributed by atoms with Gasteiger partial charge < -0.3 is 14.9 Å². The van der Waals surface area contributed by atoms with Crippen molar-refractivity contribution in [3.8, 4) is 0 Å². The van der Waals surface area contributed by atoms with Gasteiger partial charge in [-0.25, -0.2) is 0 Å². The molecule has 0 atom stereocenters. The lowest BCUT2D eigenvalue weighted by atomic mass is 10.1. The van der Waals surface area contributed by atoms with Gasteiger partial charge in [0.1, 0.15) is 0 Å². The number of aliphatic carboxylic acids is 1. The number of carbonyl (C=O) groups excluding carboxylic acids is 1. The average molecular weight is 218 g/mol. The molecule has 0 radical (unpaired) electrons. The zero-order valence-electron chi connectivity index (χ0n) is 7.82. The number of carboxylic acid groups (broad SMARTS) is 1. The molecule has 0 bridgehead atoms. The zero-order valence-corrected chi connectivity index (χ0v) is 8.64. The van der Waals surface area contributed by atoms with Crippen LogP contribution >= 0.6 is 12.2 Å². The highest BCUT2D eigenvalue weighted by atomic mass is 32.1. The minimum Gasteiger partial charge on any atom is -0.544 e. The van der Waals surface area contributed by atoms with E-state index < -0.39 is 5.97 Å². The largest absolute Gasteiger partial charge is 0.544 e. The Morgan fingerprint density at radius 1 is 1.40 bits per heavy atom. The summed E-state index contributed by atoms with van der Waals surface area (Å²) in [7, 11) is 0. The van der Waals surface area contributed by atoms with Crippen LogP contribution in [-0.2, 0) is 11.2 Å². The summed E-state index contributed by atoms with van der Waals surface area (Å²) in [5.74, 6) is -1.27. The maximum absolute atomic E-state index is 10.5. The van der Waals surface area contributed by atoms with Crippen molar-refractivity contribution in [3.63, 3.8) is 0 Å². The van der Waals surface area contributed by atoms with E-state index in [9.17, 15) is 9.90 Å². The van der Waals surface area contributed by atoms with Crippen LogP contribution in [0.4, 0.5) is 0 Å². The lowest BCUT2D eigenvalue weighted by Crippen LogP contribution is -2.31. The van der Waals surface area contributed by atoms with Crippen molar-refractivity contribution in [2.45, 2.75) is 6.42 Å². The predicted octanol–water partition coefficient (Wildman–Crippen LogP) is 0.830. The molecule has 2 aromatic rings. The summed E-state index contributed by atoms with van der Waals surface area (Å²) in [6, 6.07) is 7.68. The van der Waals surface area contributed by atoms with Crippen LogP contribution in [0.25, 0.3) is 10.9 Å². The summed E-state index contributed by atoms with van der Waals surface area (Å²) < 4.78 is 0. The Kier molecular flexibility index (Phi) is 2.51. The van der Waals surface area contributed by atoms with Crippen LogP contribution in [0.1, 0.15) is 5.56 Å². The van der Waals surface area contributed by atoms with Crippen molar-refractivity contribution in [2.24, 2.45) is 0 Å². The van der Waals surface area contributed by atoms with Crippen molar-refractivity contribution >= 4 is 34.0 Å². The standard InChI is InChI=1S/C11H9NO2S/c13-11(14)10(15)5-7-6-12-9-4-2-1-3-8(7)9/h1-4,6,12H,5H2,(H,13,14)/p-1. The summed E-state index contributed by atoms with van der Waals surface area (Å²) in [6.07, 6.45) is 2.02. The van der Waals surface area contributed by atoms with E-state index in [0.717, 1.165) is 16.5 Å². The first kappa shape index (κ1) is 9.86. The fraction of sp³-hybridized carbons (Fsp3) is 0.0909. The van der Waals surface area contributed by atoms with E-state index in [0.29, 0.717) is 0 Å². The molecule has 0 unspecified atom stereocenters. The molecule has 1 heterocycles. The molecule has 1 N–H and O–H groups in total. The fourth-order valence-corrected chi connectivity index (χ4v) is 1.68. The van der Waals surface area contributed by atoms with Crippen molar-refractivity contribution in [2.75, 3.05) is 0 Å². The normalized spacial score (nSPS) is 10.4. The summed E-state index contributed by atoms with van der Waals surface area (Å²) in [4.78, 5) is 13.5. The maximum atomic E-state index is 10.5. The minimum atomic E-state index is -1.27. The van der Waals surface area contributed by atoms with E-state index in [1.165, 1.54) is 0 Å². The number of aromatic nitrogens is 1. The van der Waals surface area contributed by atoms with E-state index in [1.807, 2.05) is 24.3 Å². The molecule has 0 saturated carbocycles. The summed E-state index contributed by atoms with van der Waals surface area (Å²) in [5, 5.41) is 11.5. The average Bonchev–Trinajstić information content (AvgIpc) is 2.62. The Morgan fingerprint density at radius 3 is 2.87 bits per heavy atom. The molecule has 1 aromatic carbocycles. The van der Waals surface area contributed by atoms with Crippen LogP contribution < -0.4 is 5.11 Å². The molecule has 76 valence electrons. The van der Waals surface area contributed by atoms with Gasteiger partial charge in [0, 0.05) is 28.4 Å². The number of hydrogen-bond donors (Lipinski definition) is 1. The molecule has 0 aliphatic heterocycles. The third-order valence-corrected chi connectivity index (χ3v) is 2.56. The Balaban J connectivity index is 2.37. The van der Waals surface area contributed by atoms with Crippen LogP contribution in [0.3, 0.4) is 0 Å². The molecule has 3 nitrogen and oxygen atoms in total. The number of carboxylic acids is 1. The van der Waals surface area contributed by atoms with E-state index in [-0.39, 0.29) is 11.3 Å². The number of carbonyl (C=O) groups is 1. The molecule has 0 saturated heterocycles. The van der Waals surface area contributed by atoms with Gasteiger partial charge in [0.15, 0.2) is 0 Å². The maximum Gasteiger partial charge on any atom is 0.0785 e. The Bertz CT molecular complexity index is 530. The summed E-state index contributed by atoms with van der Waals surface area (Å²) in [6.45, 7) is 0. The smallest absolute Gasteiger partial charge is 0.0785 e. The van der Waals surface area contributed by atoms with E-state index in [1.54, 1.807) is 6.20 Å². The molecule has 2 rings (SSSR count). The number of thiocarbonyl (C=S) groups is 1. The van der Waals surface area contributed by atoms with Crippen molar-refractivity contribution < 1.29 is 9.90 Å². The number of hydrogen-bond acceptors (Lipinski definition) is 3. The quantitative estimate of drug-likeness (QED) is 0.776. The second kappa shape index (κ2) is 3.82. The summed E-state index contributed by atoms with van der Waals surface area (Å²) in [5.41, 5.74) is 1.87. The highest BCUT2D eigenvalue weighted by Crippen LogP contribution is 2.18. The summed E-state index contributed by atoms with van der Waals surface area (Å²) >= 11 is 4.71. The number of aromatic amines is 1. The Morgan fingerprint density at radius 2 is 2.13 bits per heavy atom. The fourth-order valence-electron chi connectivity index (χ4n) is 1.52. The highest BCUT2D eigenvalue weighted by Gasteiger charge is 2.05. The van der Waals surface area contributed by atoms with E-state index >= 15 is 0 Å². The van der Waals surface area contributed by atoms with Crippen molar-refractivity contribution in [3.05, 3.63) is 36.0 Å². The van der Waals surface area contributed by atoms with Gasteiger partial charge in [0.25, 0.3) is 0 Å². The number of para-hydroxylation sites is 1. The number of nitrogens with one attached hydrogen (secondary N) is 1. The number of H-pyrrole nitrogens is 1. The highest BCUT2D eigenvalue weighted by molar-refractivity contribution is 7.82. The van der Waals surface area contributed by atoms with Crippen molar-refractivity contribution in [1.82, 2.24) is 4.98 Å². The van der Waals surface area contributed by atoms with Gasteiger partial charge >= 0.3 is 0 Å². The zero-order chi connectivity index (χ0) is 10.8. The number of fused-ring (bicyclic) bond motifs is 1. The lowest BCUT2D eigenvalue weighted by Gasteiger charge is -2.02. The first-order valence-electron chi connectivity index (χ1n) is 4.47. The van der Waals surface area contributed by atoms with Crippen LogP contribution in [0.5, 0.6) is 0 Å². The second-order valence-electron chi connectivity index (χ2n) is 3.25. The molecular weight excluding hydrogens is 210 g/mol. The van der Waals surface area contributed by atoms with Gasteiger partial charge in [-0.05, 0) is 11.6 Å². The van der Waals surface area contributed by atoms with E-state index in [2.05, 4.69) is 4.98 Å². The lowest BCUT2D eigenvalue weighted by molar-refractivity contribution is -0.293. The molecular formula is C11H8NO2S-. The molecule has 1 aromatic heterocycles. The molecule has 0 fully saturated rings. The monoisotopic (exact) mass is 218 g/mol.